The van der Waals surface area contributed by atoms with Crippen molar-refractivity contribution in [2.24, 2.45) is 0 Å². The summed E-state index contributed by atoms with van der Waals surface area (Å²) in [7, 11) is 0. The fraction of sp³-hybridized carbons (Fsp3) is 0.300. The van der Waals surface area contributed by atoms with E-state index in [-0.39, 0.29) is 17.1 Å². The summed E-state index contributed by atoms with van der Waals surface area (Å²) < 4.78 is 1.97. The van der Waals surface area contributed by atoms with Gasteiger partial charge in [-0.2, -0.15) is 0 Å². The zero-order valence-corrected chi connectivity index (χ0v) is 14.8. The number of hydrogen-bond donors (Lipinski definition) is 2. The van der Waals surface area contributed by atoms with E-state index in [2.05, 4.69) is 31.1 Å². The molecule has 5 nitrogen and oxygen atoms in total. The van der Waals surface area contributed by atoms with Crippen LogP contribution in [0.4, 0.5) is 0 Å². The molecular formula is C20H23N3O2. The molecular weight excluding hydrogens is 314 g/mol. The molecule has 1 amide bonds. The van der Waals surface area contributed by atoms with Crippen LogP contribution in [0.2, 0.25) is 0 Å². The topological polar surface area (TPSA) is 66.6 Å². The van der Waals surface area contributed by atoms with Crippen LogP contribution < -0.4 is 5.32 Å². The van der Waals surface area contributed by atoms with Crippen molar-refractivity contribution in [3.05, 3.63) is 65.7 Å². The van der Waals surface area contributed by atoms with Crippen LogP contribution in [0.3, 0.4) is 0 Å². The minimum Gasteiger partial charge on any atom is -0.508 e. The summed E-state index contributed by atoms with van der Waals surface area (Å²) in [4.78, 5) is 17.2. The highest BCUT2D eigenvalue weighted by Gasteiger charge is 2.24. The lowest BCUT2D eigenvalue weighted by Gasteiger charge is -2.16. The SMILES string of the molecule is CC(C)(C)c1nc(C(=O)NCCc2ccccc2O)c2ccccn12. The van der Waals surface area contributed by atoms with E-state index in [1.807, 2.05) is 40.9 Å². The van der Waals surface area contributed by atoms with Gasteiger partial charge in [0.15, 0.2) is 5.69 Å². The Morgan fingerprint density at radius 2 is 1.88 bits per heavy atom. The van der Waals surface area contributed by atoms with Gasteiger partial charge < -0.3 is 14.8 Å². The Morgan fingerprint density at radius 1 is 1.16 bits per heavy atom. The number of carbonyl (C=O) groups is 1. The van der Waals surface area contributed by atoms with Crippen LogP contribution in [-0.4, -0.2) is 26.9 Å². The third-order valence-corrected chi connectivity index (χ3v) is 4.11. The Morgan fingerprint density at radius 3 is 2.60 bits per heavy atom. The monoisotopic (exact) mass is 337 g/mol. The average Bonchev–Trinajstić information content (AvgIpc) is 2.96. The van der Waals surface area contributed by atoms with E-state index >= 15 is 0 Å². The Hall–Kier alpha value is -2.82. The fourth-order valence-electron chi connectivity index (χ4n) is 2.85. The first-order valence-electron chi connectivity index (χ1n) is 8.40. The molecule has 2 N–H and O–H groups in total. The molecule has 5 heteroatoms. The zero-order chi connectivity index (χ0) is 18.0. The van der Waals surface area contributed by atoms with E-state index in [1.165, 1.54) is 0 Å². The van der Waals surface area contributed by atoms with Gasteiger partial charge in [0.1, 0.15) is 11.6 Å². The number of nitrogens with zero attached hydrogens (tertiary/aromatic N) is 2. The van der Waals surface area contributed by atoms with Crippen molar-refractivity contribution in [3.63, 3.8) is 0 Å². The first-order valence-corrected chi connectivity index (χ1v) is 8.40. The number of pyridine rings is 1. The Labute approximate surface area is 147 Å². The molecule has 0 saturated heterocycles. The molecule has 25 heavy (non-hydrogen) atoms. The molecule has 2 aromatic heterocycles. The number of rotatable bonds is 4. The van der Waals surface area contributed by atoms with Gasteiger partial charge >= 0.3 is 0 Å². The van der Waals surface area contributed by atoms with Crippen LogP contribution >= 0.6 is 0 Å². The van der Waals surface area contributed by atoms with Gasteiger partial charge in [-0.1, -0.05) is 45.0 Å². The van der Waals surface area contributed by atoms with Crippen LogP contribution in [0.25, 0.3) is 5.52 Å². The summed E-state index contributed by atoms with van der Waals surface area (Å²) in [6, 6.07) is 12.9. The van der Waals surface area contributed by atoms with Crippen LogP contribution in [0.5, 0.6) is 5.75 Å². The summed E-state index contributed by atoms with van der Waals surface area (Å²) in [5.74, 6) is 0.905. The molecule has 0 atom stereocenters. The third-order valence-electron chi connectivity index (χ3n) is 4.11. The molecule has 3 rings (SSSR count). The minimum atomic E-state index is -0.199. The number of para-hydroxylation sites is 1. The van der Waals surface area contributed by atoms with Crippen molar-refractivity contribution < 1.29 is 9.90 Å². The van der Waals surface area contributed by atoms with E-state index in [4.69, 9.17) is 0 Å². The van der Waals surface area contributed by atoms with E-state index in [0.29, 0.717) is 18.7 Å². The highest BCUT2D eigenvalue weighted by atomic mass is 16.3. The Bertz CT molecular complexity index is 907. The maximum Gasteiger partial charge on any atom is 0.272 e. The van der Waals surface area contributed by atoms with Gasteiger partial charge in [-0.3, -0.25) is 4.79 Å². The van der Waals surface area contributed by atoms with E-state index in [1.54, 1.807) is 12.1 Å². The summed E-state index contributed by atoms with van der Waals surface area (Å²) in [6.07, 6.45) is 2.50. The molecule has 3 aromatic rings. The third kappa shape index (κ3) is 3.50. The van der Waals surface area contributed by atoms with Crippen molar-refractivity contribution >= 4 is 11.4 Å². The van der Waals surface area contributed by atoms with Gasteiger partial charge in [-0.15, -0.1) is 0 Å². The summed E-state index contributed by atoms with van der Waals surface area (Å²) >= 11 is 0. The highest BCUT2D eigenvalue weighted by Crippen LogP contribution is 2.24. The molecule has 1 aromatic carbocycles. The Kier molecular flexibility index (Phi) is 4.49. The van der Waals surface area contributed by atoms with Crippen molar-refractivity contribution in [1.29, 1.82) is 0 Å². The van der Waals surface area contributed by atoms with Crippen LogP contribution in [0.1, 0.15) is 42.6 Å². The lowest BCUT2D eigenvalue weighted by Crippen LogP contribution is -2.26. The molecule has 0 unspecified atom stereocenters. The van der Waals surface area contributed by atoms with E-state index < -0.39 is 0 Å². The number of aromatic hydroxyl groups is 1. The maximum absolute atomic E-state index is 12.6. The number of phenols is 1. The molecule has 0 aliphatic rings. The number of fused-ring (bicyclic) bond motifs is 1. The van der Waals surface area contributed by atoms with Crippen molar-refractivity contribution in [1.82, 2.24) is 14.7 Å². The first-order chi connectivity index (χ1) is 11.9. The van der Waals surface area contributed by atoms with Crippen LogP contribution in [-0.2, 0) is 11.8 Å². The lowest BCUT2D eigenvalue weighted by molar-refractivity contribution is 0.0951. The smallest absolute Gasteiger partial charge is 0.272 e. The predicted octanol–water partition coefficient (Wildman–Crippen LogP) is 3.31. The predicted molar refractivity (Wildman–Crippen MR) is 98.0 cm³/mol. The summed E-state index contributed by atoms with van der Waals surface area (Å²) in [5.41, 5.74) is 1.88. The number of benzene rings is 1. The highest BCUT2D eigenvalue weighted by molar-refractivity contribution is 5.99. The number of hydrogen-bond acceptors (Lipinski definition) is 3. The molecule has 0 saturated carbocycles. The van der Waals surface area contributed by atoms with Crippen molar-refractivity contribution in [2.75, 3.05) is 6.54 Å². The van der Waals surface area contributed by atoms with E-state index in [9.17, 15) is 9.90 Å². The Balaban J connectivity index is 1.80. The second-order valence-electron chi connectivity index (χ2n) is 7.12. The molecule has 0 aliphatic carbocycles. The molecule has 0 radical (unpaired) electrons. The normalized spacial score (nSPS) is 11.6. The second-order valence-corrected chi connectivity index (χ2v) is 7.12. The largest absolute Gasteiger partial charge is 0.508 e. The van der Waals surface area contributed by atoms with Gasteiger partial charge in [-0.25, -0.2) is 4.98 Å². The van der Waals surface area contributed by atoms with Gasteiger partial charge in [0.05, 0.1) is 5.52 Å². The van der Waals surface area contributed by atoms with Gasteiger partial charge in [0, 0.05) is 18.2 Å². The molecule has 130 valence electrons. The van der Waals surface area contributed by atoms with Gasteiger partial charge in [0.2, 0.25) is 0 Å². The second kappa shape index (κ2) is 6.59. The lowest BCUT2D eigenvalue weighted by atomic mass is 9.96. The average molecular weight is 337 g/mol. The number of amides is 1. The number of aromatic nitrogens is 2. The molecule has 2 heterocycles. The minimum absolute atomic E-state index is 0.168. The van der Waals surface area contributed by atoms with Gasteiger partial charge in [0.25, 0.3) is 5.91 Å². The standard InChI is InChI=1S/C20H23N3O2/c1-20(2,3)19-22-17(15-9-6-7-13-23(15)19)18(25)21-12-11-14-8-4-5-10-16(14)24/h4-10,13,24H,11-12H2,1-3H3,(H,21,25). The number of imidazole rings is 1. The summed E-state index contributed by atoms with van der Waals surface area (Å²) in [5, 5.41) is 12.7. The maximum atomic E-state index is 12.6. The fourth-order valence-corrected chi connectivity index (χ4v) is 2.85. The summed E-state index contributed by atoms with van der Waals surface area (Å²) in [6.45, 7) is 6.67. The molecule has 0 aliphatic heterocycles. The van der Waals surface area contributed by atoms with Crippen molar-refractivity contribution in [3.8, 4) is 5.75 Å². The number of nitrogens with one attached hydrogen (secondary N) is 1. The first kappa shape index (κ1) is 17.0. The zero-order valence-electron chi connectivity index (χ0n) is 14.8. The quantitative estimate of drug-likeness (QED) is 0.767. The van der Waals surface area contributed by atoms with Crippen LogP contribution in [0, 0.1) is 0 Å². The van der Waals surface area contributed by atoms with Crippen LogP contribution in [0.15, 0.2) is 48.7 Å². The van der Waals surface area contributed by atoms with Gasteiger partial charge in [-0.05, 0) is 30.2 Å². The molecule has 0 spiro atoms. The number of phenolic OH excluding ortho intramolecular Hbond substituents is 1. The van der Waals surface area contributed by atoms with E-state index in [0.717, 1.165) is 16.9 Å². The molecule has 0 fully saturated rings. The van der Waals surface area contributed by atoms with Crippen molar-refractivity contribution in [2.45, 2.75) is 32.6 Å². The molecule has 0 bridgehead atoms. The number of carbonyl (C=O) groups excluding carboxylic acids is 1.